The average molecular weight is 706 g/mol. The van der Waals surface area contributed by atoms with E-state index in [1.165, 1.54) is 22.3 Å². The summed E-state index contributed by atoms with van der Waals surface area (Å²) in [6, 6.07) is 31.0. The molecule has 9 rings (SSSR count). The molecule has 2 atom stereocenters. The molecule has 0 fully saturated rings. The number of carbonyl (C=O) groups is 2. The minimum Gasteiger partial charge on any atom is -0.493 e. The average Bonchev–Trinajstić information content (AvgIpc) is 3.40. The molecule has 0 spiro atoms. The van der Waals surface area contributed by atoms with Gasteiger partial charge in [0.2, 0.25) is 0 Å². The Balaban J connectivity index is 0.870. The Morgan fingerprint density at radius 2 is 1.11 bits per heavy atom. The molecule has 4 aliphatic rings. The zero-order valence-corrected chi connectivity index (χ0v) is 30.3. The van der Waals surface area contributed by atoms with Crippen molar-refractivity contribution >= 4 is 11.8 Å². The van der Waals surface area contributed by atoms with Crippen LogP contribution < -0.4 is 14.2 Å². The number of ether oxygens (including phenoxy) is 3. The maximum absolute atomic E-state index is 13.8. The summed E-state index contributed by atoms with van der Waals surface area (Å²) >= 11 is 0. The van der Waals surface area contributed by atoms with E-state index < -0.39 is 0 Å². The normalized spacial score (nSPS) is 18.7. The van der Waals surface area contributed by atoms with Gasteiger partial charge in [-0.1, -0.05) is 54.6 Å². The van der Waals surface area contributed by atoms with Crippen LogP contribution in [0.25, 0.3) is 0 Å². The van der Waals surface area contributed by atoms with Gasteiger partial charge in [-0.2, -0.15) is 0 Å². The standard InChI is InChI=1S/C45H43N3O5/c1-28-18-39-31(14-16-37-19-29-8-3-5-10-33(29)24-47(37)44(39)49)21-41(28)52-26-35-12-7-13-36(46-35)27-53-43-22-32-15-17-38-20-30-9-4-6-11-34(30)25-48(38)45(50)40(32)23-42(43)51-2/h3-13,18,21-23,37-38H,14-17,19-20,24-27H2,1-2H3/t37-,38-/m1/s1. The minimum atomic E-state index is 0.0503. The zero-order valence-electron chi connectivity index (χ0n) is 30.3. The van der Waals surface area contributed by atoms with E-state index in [0.717, 1.165) is 77.9 Å². The van der Waals surface area contributed by atoms with Gasteiger partial charge in [-0.05, 0) is 121 Å². The van der Waals surface area contributed by atoms with Crippen molar-refractivity contribution in [1.82, 2.24) is 14.8 Å². The lowest BCUT2D eigenvalue weighted by Crippen LogP contribution is -2.43. The minimum absolute atomic E-state index is 0.0503. The summed E-state index contributed by atoms with van der Waals surface area (Å²) in [6.07, 6.45) is 5.23. The Labute approximate surface area is 310 Å². The lowest BCUT2D eigenvalue weighted by atomic mass is 9.92. The Morgan fingerprint density at radius 3 is 1.68 bits per heavy atom. The van der Waals surface area contributed by atoms with Crippen LogP contribution in [0.15, 0.2) is 91.0 Å². The molecule has 0 radical (unpaired) electrons. The van der Waals surface area contributed by atoms with Crippen LogP contribution in [0.1, 0.15) is 83.9 Å². The highest BCUT2D eigenvalue weighted by atomic mass is 16.5. The lowest BCUT2D eigenvalue weighted by molar-refractivity contribution is 0.0635. The molecule has 5 aromatic rings. The number of benzene rings is 4. The van der Waals surface area contributed by atoms with Gasteiger partial charge in [0.1, 0.15) is 19.0 Å². The first-order chi connectivity index (χ1) is 25.9. The number of amides is 2. The third-order valence-corrected chi connectivity index (χ3v) is 11.6. The van der Waals surface area contributed by atoms with Crippen LogP contribution >= 0.6 is 0 Å². The molecular weight excluding hydrogens is 663 g/mol. The highest BCUT2D eigenvalue weighted by Crippen LogP contribution is 2.38. The number of aryl methyl sites for hydroxylation is 3. The van der Waals surface area contributed by atoms with Crippen molar-refractivity contribution in [3.63, 3.8) is 0 Å². The molecule has 8 nitrogen and oxygen atoms in total. The molecule has 4 aliphatic heterocycles. The van der Waals surface area contributed by atoms with E-state index in [-0.39, 0.29) is 37.1 Å². The number of hydrogen-bond acceptors (Lipinski definition) is 6. The molecule has 0 N–H and O–H groups in total. The summed E-state index contributed by atoms with van der Waals surface area (Å²) in [7, 11) is 1.61. The molecule has 0 bridgehead atoms. The molecule has 4 aromatic carbocycles. The van der Waals surface area contributed by atoms with E-state index in [1.807, 2.05) is 54.3 Å². The molecular formula is C45H43N3O5. The van der Waals surface area contributed by atoms with Gasteiger partial charge in [-0.3, -0.25) is 14.6 Å². The number of hydrogen-bond donors (Lipinski definition) is 0. The largest absolute Gasteiger partial charge is 0.493 e. The highest BCUT2D eigenvalue weighted by molar-refractivity contribution is 5.98. The van der Waals surface area contributed by atoms with Crippen LogP contribution in [0.3, 0.4) is 0 Å². The number of methoxy groups -OCH3 is 1. The Morgan fingerprint density at radius 1 is 0.604 bits per heavy atom. The molecule has 8 heteroatoms. The quantitative estimate of drug-likeness (QED) is 0.174. The predicted octanol–water partition coefficient (Wildman–Crippen LogP) is 7.58. The zero-order chi connectivity index (χ0) is 36.1. The number of fused-ring (bicyclic) bond motifs is 6. The SMILES string of the molecule is COc1cc2c(cc1OCc1cccc(COc3cc4c(cc3C)C(=O)N3Cc5ccccc5C[C@H]3CC4)n1)CC[C@@H]1Cc3ccccc3CN1C2=O. The molecule has 0 saturated heterocycles. The second kappa shape index (κ2) is 13.7. The van der Waals surface area contributed by atoms with Gasteiger partial charge in [-0.25, -0.2) is 0 Å². The fraction of sp³-hybridized carbons (Fsp3) is 0.311. The topological polar surface area (TPSA) is 81.2 Å². The Kier molecular flexibility index (Phi) is 8.61. The smallest absolute Gasteiger partial charge is 0.254 e. The summed E-state index contributed by atoms with van der Waals surface area (Å²) in [5.41, 5.74) is 11.1. The Hall–Kier alpha value is -5.63. The number of nitrogens with zero attached hydrogens (tertiary/aromatic N) is 3. The van der Waals surface area contributed by atoms with Crippen molar-refractivity contribution in [3.05, 3.63) is 152 Å². The van der Waals surface area contributed by atoms with Crippen molar-refractivity contribution in [2.45, 2.75) is 83.8 Å². The first kappa shape index (κ1) is 33.2. The van der Waals surface area contributed by atoms with E-state index in [4.69, 9.17) is 19.2 Å². The van der Waals surface area contributed by atoms with E-state index in [9.17, 15) is 9.59 Å². The molecule has 268 valence electrons. The number of pyridine rings is 1. The predicted molar refractivity (Wildman–Crippen MR) is 201 cm³/mol. The number of aromatic nitrogens is 1. The number of rotatable bonds is 7. The van der Waals surface area contributed by atoms with Crippen molar-refractivity contribution < 1.29 is 23.8 Å². The van der Waals surface area contributed by atoms with Crippen LogP contribution in [0.4, 0.5) is 0 Å². The maximum Gasteiger partial charge on any atom is 0.254 e. The molecule has 0 unspecified atom stereocenters. The summed E-state index contributed by atoms with van der Waals surface area (Å²) in [6.45, 7) is 3.82. The second-order valence-corrected chi connectivity index (χ2v) is 14.8. The van der Waals surface area contributed by atoms with Crippen molar-refractivity contribution in [3.8, 4) is 17.2 Å². The van der Waals surface area contributed by atoms with Gasteiger partial charge < -0.3 is 24.0 Å². The van der Waals surface area contributed by atoms with Gasteiger partial charge >= 0.3 is 0 Å². The monoisotopic (exact) mass is 705 g/mol. The molecule has 0 aliphatic carbocycles. The third kappa shape index (κ3) is 6.30. The first-order valence-corrected chi connectivity index (χ1v) is 18.7. The van der Waals surface area contributed by atoms with Crippen LogP contribution in [0.2, 0.25) is 0 Å². The van der Waals surface area contributed by atoms with Crippen LogP contribution in [-0.2, 0) is 52.0 Å². The second-order valence-electron chi connectivity index (χ2n) is 14.8. The molecule has 53 heavy (non-hydrogen) atoms. The van der Waals surface area contributed by atoms with E-state index in [2.05, 4.69) is 53.4 Å². The van der Waals surface area contributed by atoms with Gasteiger partial charge in [0, 0.05) is 36.3 Å². The van der Waals surface area contributed by atoms with Gasteiger partial charge in [-0.15, -0.1) is 0 Å². The van der Waals surface area contributed by atoms with E-state index in [0.29, 0.717) is 30.2 Å². The third-order valence-electron chi connectivity index (χ3n) is 11.6. The van der Waals surface area contributed by atoms with E-state index in [1.54, 1.807) is 7.11 Å². The fourth-order valence-corrected chi connectivity index (χ4v) is 8.69. The van der Waals surface area contributed by atoms with E-state index >= 15 is 0 Å². The summed E-state index contributed by atoms with van der Waals surface area (Å²) in [5, 5.41) is 0. The molecule has 5 heterocycles. The van der Waals surface area contributed by atoms with Gasteiger partial charge in [0.25, 0.3) is 11.8 Å². The van der Waals surface area contributed by atoms with Crippen LogP contribution in [0, 0.1) is 6.92 Å². The van der Waals surface area contributed by atoms with Crippen molar-refractivity contribution in [2.75, 3.05) is 7.11 Å². The number of carbonyl (C=O) groups excluding carboxylic acids is 2. The maximum atomic E-state index is 13.8. The van der Waals surface area contributed by atoms with Crippen molar-refractivity contribution in [1.29, 1.82) is 0 Å². The highest BCUT2D eigenvalue weighted by Gasteiger charge is 2.36. The Bertz CT molecular complexity index is 2250. The molecule has 1 aromatic heterocycles. The van der Waals surface area contributed by atoms with Crippen molar-refractivity contribution in [2.24, 2.45) is 0 Å². The molecule has 2 amide bonds. The van der Waals surface area contributed by atoms with Crippen LogP contribution in [0.5, 0.6) is 17.2 Å². The van der Waals surface area contributed by atoms with Gasteiger partial charge in [0.15, 0.2) is 11.5 Å². The van der Waals surface area contributed by atoms with Gasteiger partial charge in [0.05, 0.1) is 18.5 Å². The van der Waals surface area contributed by atoms with Crippen LogP contribution in [-0.4, -0.2) is 45.8 Å². The first-order valence-electron chi connectivity index (χ1n) is 18.7. The molecule has 0 saturated carbocycles. The fourth-order valence-electron chi connectivity index (χ4n) is 8.69. The summed E-state index contributed by atoms with van der Waals surface area (Å²) < 4.78 is 18.4. The summed E-state index contributed by atoms with van der Waals surface area (Å²) in [5.74, 6) is 2.06. The lowest BCUT2D eigenvalue weighted by Gasteiger charge is -2.36. The summed E-state index contributed by atoms with van der Waals surface area (Å²) in [4.78, 5) is 36.6.